The quantitative estimate of drug-likeness (QED) is 0.836. The molecule has 3 rings (SSSR count). The number of rotatable bonds is 1. The second kappa shape index (κ2) is 3.89. The summed E-state index contributed by atoms with van der Waals surface area (Å²) in [6, 6.07) is 2.06. The van der Waals surface area contributed by atoms with Crippen LogP contribution in [0.3, 0.4) is 0 Å². The van der Waals surface area contributed by atoms with Crippen molar-refractivity contribution in [3.8, 4) is 5.75 Å². The summed E-state index contributed by atoms with van der Waals surface area (Å²) in [5.74, 6) is 1.68. The molecule has 18 heavy (non-hydrogen) atoms. The Morgan fingerprint density at radius 1 is 1.28 bits per heavy atom. The van der Waals surface area contributed by atoms with Crippen molar-refractivity contribution in [1.82, 2.24) is 0 Å². The SMILES string of the molecule is CC1=CCOc2c1cc1c(CO)c(C)oc1c2C. The molecule has 3 heteroatoms. The van der Waals surface area contributed by atoms with E-state index in [1.807, 2.05) is 13.8 Å². The zero-order valence-electron chi connectivity index (χ0n) is 10.8. The first-order valence-electron chi connectivity index (χ1n) is 6.10. The Balaban J connectivity index is 2.41. The molecule has 2 aromatic rings. The van der Waals surface area contributed by atoms with E-state index in [0.29, 0.717) is 6.61 Å². The van der Waals surface area contributed by atoms with E-state index in [1.165, 1.54) is 5.57 Å². The van der Waals surface area contributed by atoms with Crippen LogP contribution in [0.2, 0.25) is 0 Å². The van der Waals surface area contributed by atoms with Gasteiger partial charge in [0.25, 0.3) is 0 Å². The first-order valence-corrected chi connectivity index (χ1v) is 6.10. The van der Waals surface area contributed by atoms with Crippen molar-refractivity contribution in [2.24, 2.45) is 0 Å². The van der Waals surface area contributed by atoms with Gasteiger partial charge in [0, 0.05) is 22.1 Å². The molecule has 1 aromatic carbocycles. The van der Waals surface area contributed by atoms with Crippen molar-refractivity contribution >= 4 is 16.5 Å². The predicted molar refractivity (Wildman–Crippen MR) is 70.8 cm³/mol. The first kappa shape index (κ1) is 11.4. The molecule has 0 bridgehead atoms. The minimum Gasteiger partial charge on any atom is -0.488 e. The Morgan fingerprint density at radius 2 is 2.06 bits per heavy atom. The Hall–Kier alpha value is -1.74. The van der Waals surface area contributed by atoms with Gasteiger partial charge in [-0.05, 0) is 38.5 Å². The van der Waals surface area contributed by atoms with Crippen LogP contribution in [0.1, 0.15) is 29.4 Å². The van der Waals surface area contributed by atoms with Gasteiger partial charge in [0.1, 0.15) is 23.7 Å². The van der Waals surface area contributed by atoms with Crippen LogP contribution in [0.15, 0.2) is 16.6 Å². The molecule has 0 fully saturated rings. The molecule has 0 aliphatic carbocycles. The number of furan rings is 1. The monoisotopic (exact) mass is 244 g/mol. The van der Waals surface area contributed by atoms with Crippen molar-refractivity contribution in [3.63, 3.8) is 0 Å². The molecule has 0 saturated heterocycles. The Labute approximate surface area is 106 Å². The highest BCUT2D eigenvalue weighted by Crippen LogP contribution is 2.40. The topological polar surface area (TPSA) is 42.6 Å². The van der Waals surface area contributed by atoms with Gasteiger partial charge in [-0.15, -0.1) is 0 Å². The summed E-state index contributed by atoms with van der Waals surface area (Å²) in [5, 5.41) is 10.5. The fourth-order valence-corrected chi connectivity index (χ4v) is 2.58. The van der Waals surface area contributed by atoms with Gasteiger partial charge >= 0.3 is 0 Å². The van der Waals surface area contributed by atoms with Gasteiger partial charge in [-0.3, -0.25) is 0 Å². The van der Waals surface area contributed by atoms with Crippen LogP contribution in [0.5, 0.6) is 5.75 Å². The highest BCUT2D eigenvalue weighted by atomic mass is 16.5. The number of hydrogen-bond donors (Lipinski definition) is 1. The number of aliphatic hydroxyl groups excluding tert-OH is 1. The van der Waals surface area contributed by atoms with E-state index in [-0.39, 0.29) is 6.61 Å². The predicted octanol–water partition coefficient (Wildman–Crippen LogP) is 3.34. The van der Waals surface area contributed by atoms with Gasteiger partial charge in [-0.2, -0.15) is 0 Å². The van der Waals surface area contributed by atoms with Gasteiger partial charge in [-0.25, -0.2) is 0 Å². The lowest BCUT2D eigenvalue weighted by Gasteiger charge is -2.18. The third kappa shape index (κ3) is 1.40. The molecular weight excluding hydrogens is 228 g/mol. The Bertz CT molecular complexity index is 662. The van der Waals surface area contributed by atoms with E-state index in [2.05, 4.69) is 19.1 Å². The zero-order valence-corrected chi connectivity index (χ0v) is 10.8. The molecule has 1 aliphatic heterocycles. The molecule has 1 aliphatic rings. The molecule has 0 radical (unpaired) electrons. The summed E-state index contributed by atoms with van der Waals surface area (Å²) >= 11 is 0. The number of allylic oxidation sites excluding steroid dienone is 1. The number of ether oxygens (including phenoxy) is 1. The van der Waals surface area contributed by atoms with Gasteiger partial charge in [-0.1, -0.05) is 0 Å². The third-order valence-corrected chi connectivity index (χ3v) is 3.66. The summed E-state index contributed by atoms with van der Waals surface area (Å²) in [5.41, 5.74) is 5.02. The molecule has 3 nitrogen and oxygen atoms in total. The van der Waals surface area contributed by atoms with Crippen LogP contribution in [-0.4, -0.2) is 11.7 Å². The van der Waals surface area contributed by atoms with E-state index < -0.39 is 0 Å². The summed E-state index contributed by atoms with van der Waals surface area (Å²) in [6.45, 7) is 6.58. The summed E-state index contributed by atoms with van der Waals surface area (Å²) in [7, 11) is 0. The van der Waals surface area contributed by atoms with Crippen LogP contribution in [0.25, 0.3) is 16.5 Å². The minimum absolute atomic E-state index is 0.000674. The average Bonchev–Trinajstić information content (AvgIpc) is 2.67. The maximum atomic E-state index is 9.46. The molecule has 0 spiro atoms. The van der Waals surface area contributed by atoms with Gasteiger partial charge < -0.3 is 14.3 Å². The lowest BCUT2D eigenvalue weighted by atomic mass is 9.97. The van der Waals surface area contributed by atoms with Crippen molar-refractivity contribution in [1.29, 1.82) is 0 Å². The molecular formula is C15H16O3. The molecule has 0 unspecified atom stereocenters. The normalized spacial score (nSPS) is 14.3. The minimum atomic E-state index is 0.000674. The zero-order chi connectivity index (χ0) is 12.9. The fraction of sp³-hybridized carbons (Fsp3) is 0.333. The van der Waals surface area contributed by atoms with Crippen molar-refractivity contribution in [2.75, 3.05) is 6.61 Å². The molecule has 1 aromatic heterocycles. The highest BCUT2D eigenvalue weighted by Gasteiger charge is 2.21. The highest BCUT2D eigenvalue weighted by molar-refractivity contribution is 5.92. The molecule has 1 N–H and O–H groups in total. The second-order valence-electron chi connectivity index (χ2n) is 4.75. The Morgan fingerprint density at radius 3 is 2.78 bits per heavy atom. The van der Waals surface area contributed by atoms with Crippen LogP contribution in [-0.2, 0) is 6.61 Å². The second-order valence-corrected chi connectivity index (χ2v) is 4.75. The van der Waals surface area contributed by atoms with Crippen LogP contribution >= 0.6 is 0 Å². The number of hydrogen-bond acceptors (Lipinski definition) is 3. The number of aliphatic hydroxyl groups is 1. The Kier molecular flexibility index (Phi) is 2.45. The van der Waals surface area contributed by atoms with E-state index >= 15 is 0 Å². The standard InChI is InChI=1S/C15H16O3/c1-8-4-5-17-14-9(2)15-12(6-11(8)14)13(7-16)10(3)18-15/h4,6,16H,5,7H2,1-3H3. The lowest BCUT2D eigenvalue weighted by molar-refractivity contribution is 0.280. The van der Waals surface area contributed by atoms with Gasteiger partial charge in [0.2, 0.25) is 0 Å². The summed E-state index contributed by atoms with van der Waals surface area (Å²) in [6.07, 6.45) is 2.07. The number of fused-ring (bicyclic) bond motifs is 2. The molecule has 94 valence electrons. The first-order chi connectivity index (χ1) is 8.63. The van der Waals surface area contributed by atoms with Crippen molar-refractivity contribution < 1.29 is 14.3 Å². The van der Waals surface area contributed by atoms with Crippen molar-refractivity contribution in [3.05, 3.63) is 34.6 Å². The molecule has 0 amide bonds. The molecule has 2 heterocycles. The number of aryl methyl sites for hydroxylation is 2. The molecule has 0 atom stereocenters. The van der Waals surface area contributed by atoms with Gasteiger partial charge in [0.05, 0.1) is 6.61 Å². The van der Waals surface area contributed by atoms with Crippen LogP contribution < -0.4 is 4.74 Å². The maximum Gasteiger partial charge on any atom is 0.141 e. The smallest absolute Gasteiger partial charge is 0.141 e. The van der Waals surface area contributed by atoms with Gasteiger partial charge in [0.15, 0.2) is 0 Å². The average molecular weight is 244 g/mol. The summed E-state index contributed by atoms with van der Waals surface area (Å²) in [4.78, 5) is 0. The van der Waals surface area contributed by atoms with E-state index in [4.69, 9.17) is 9.15 Å². The maximum absolute atomic E-state index is 9.46. The van der Waals surface area contributed by atoms with Crippen molar-refractivity contribution in [2.45, 2.75) is 27.4 Å². The third-order valence-electron chi connectivity index (χ3n) is 3.66. The summed E-state index contributed by atoms with van der Waals surface area (Å²) < 4.78 is 11.5. The largest absolute Gasteiger partial charge is 0.488 e. The van der Waals surface area contributed by atoms with E-state index in [0.717, 1.165) is 39.2 Å². The van der Waals surface area contributed by atoms with E-state index in [9.17, 15) is 5.11 Å². The molecule has 0 saturated carbocycles. The number of benzene rings is 1. The van der Waals surface area contributed by atoms with Crippen LogP contribution in [0, 0.1) is 13.8 Å². The van der Waals surface area contributed by atoms with E-state index in [1.54, 1.807) is 0 Å². The lowest BCUT2D eigenvalue weighted by Crippen LogP contribution is -2.05. The fourth-order valence-electron chi connectivity index (χ4n) is 2.58. The van der Waals surface area contributed by atoms with Crippen LogP contribution in [0.4, 0.5) is 0 Å².